The van der Waals surface area contributed by atoms with Crippen LogP contribution in [-0.4, -0.2) is 58.9 Å². The largest absolute Gasteiger partial charge is 0.497 e. The maximum atomic E-state index is 12.1. The number of rotatable bonds is 6. The summed E-state index contributed by atoms with van der Waals surface area (Å²) in [6.07, 6.45) is 2.70. The Morgan fingerprint density at radius 3 is 2.20 bits per heavy atom. The number of piperidine rings is 1. The molecule has 0 aromatic heterocycles. The summed E-state index contributed by atoms with van der Waals surface area (Å²) in [5.74, 6) is 1.44. The molecule has 1 aliphatic rings. The predicted octanol–water partition coefficient (Wildman–Crippen LogP) is 1.50. The van der Waals surface area contributed by atoms with Gasteiger partial charge in [0.15, 0.2) is 0 Å². The lowest BCUT2D eigenvalue weighted by Gasteiger charge is -2.30. The van der Waals surface area contributed by atoms with Crippen molar-refractivity contribution in [3.05, 3.63) is 18.2 Å². The lowest BCUT2D eigenvalue weighted by atomic mass is 9.98. The molecule has 0 aliphatic carbocycles. The van der Waals surface area contributed by atoms with Crippen molar-refractivity contribution in [3.63, 3.8) is 0 Å². The number of methoxy groups -OCH3 is 2. The van der Waals surface area contributed by atoms with Gasteiger partial charge in [-0.25, -0.2) is 17.5 Å². The van der Waals surface area contributed by atoms with Gasteiger partial charge in [-0.1, -0.05) is 0 Å². The normalized spacial score (nSPS) is 16.3. The van der Waals surface area contributed by atoms with Crippen molar-refractivity contribution in [2.45, 2.75) is 12.8 Å². The summed E-state index contributed by atoms with van der Waals surface area (Å²) < 4.78 is 34.8. The monoisotopic (exact) mass is 371 g/mol. The first-order valence-corrected chi connectivity index (χ1v) is 9.89. The molecule has 2 rings (SSSR count). The molecule has 9 heteroatoms. The van der Waals surface area contributed by atoms with E-state index in [1.807, 2.05) is 0 Å². The maximum absolute atomic E-state index is 12.1. The zero-order valence-electron chi connectivity index (χ0n) is 14.7. The topological polar surface area (TPSA) is 97.0 Å². The van der Waals surface area contributed by atoms with Crippen LogP contribution in [0.4, 0.5) is 10.5 Å². The van der Waals surface area contributed by atoms with Gasteiger partial charge in [0, 0.05) is 43.5 Å². The Hall–Kier alpha value is -2.00. The van der Waals surface area contributed by atoms with Crippen molar-refractivity contribution >= 4 is 21.7 Å². The number of sulfonamides is 1. The zero-order chi connectivity index (χ0) is 18.4. The summed E-state index contributed by atoms with van der Waals surface area (Å²) in [7, 11) is -0.0383. The number of hydrogen-bond donors (Lipinski definition) is 2. The third-order valence-electron chi connectivity index (χ3n) is 4.20. The van der Waals surface area contributed by atoms with Crippen LogP contribution in [-0.2, 0) is 10.0 Å². The molecule has 1 fully saturated rings. The van der Waals surface area contributed by atoms with Crippen molar-refractivity contribution in [1.82, 2.24) is 9.62 Å². The van der Waals surface area contributed by atoms with Crippen molar-refractivity contribution in [1.29, 1.82) is 0 Å². The average Bonchev–Trinajstić information content (AvgIpc) is 2.59. The molecule has 1 saturated heterocycles. The molecule has 1 heterocycles. The summed E-state index contributed by atoms with van der Waals surface area (Å²) in [5.41, 5.74) is 0.570. The van der Waals surface area contributed by atoms with Gasteiger partial charge in [0.1, 0.15) is 11.5 Å². The molecule has 2 amide bonds. The van der Waals surface area contributed by atoms with Crippen molar-refractivity contribution in [3.8, 4) is 11.5 Å². The van der Waals surface area contributed by atoms with Crippen molar-refractivity contribution in [2.75, 3.05) is 45.4 Å². The highest BCUT2D eigenvalue weighted by molar-refractivity contribution is 7.88. The highest BCUT2D eigenvalue weighted by Crippen LogP contribution is 2.25. The van der Waals surface area contributed by atoms with E-state index in [-0.39, 0.29) is 11.9 Å². The van der Waals surface area contributed by atoms with Crippen LogP contribution in [0.5, 0.6) is 11.5 Å². The summed E-state index contributed by atoms with van der Waals surface area (Å²) in [6.45, 7) is 1.50. The molecule has 25 heavy (non-hydrogen) atoms. The molecule has 0 saturated carbocycles. The second-order valence-corrected chi connectivity index (χ2v) is 8.02. The molecule has 8 nitrogen and oxygen atoms in total. The van der Waals surface area contributed by atoms with E-state index in [0.29, 0.717) is 36.8 Å². The van der Waals surface area contributed by atoms with Crippen LogP contribution in [0.25, 0.3) is 0 Å². The summed E-state index contributed by atoms with van der Waals surface area (Å²) >= 11 is 0. The van der Waals surface area contributed by atoms with Crippen LogP contribution in [0.2, 0.25) is 0 Å². The molecule has 1 aromatic carbocycles. The smallest absolute Gasteiger partial charge is 0.319 e. The first-order valence-electron chi connectivity index (χ1n) is 8.05. The molecule has 0 unspecified atom stereocenters. The highest BCUT2D eigenvalue weighted by atomic mass is 32.2. The summed E-state index contributed by atoms with van der Waals surface area (Å²) in [5, 5.41) is 5.58. The number of anilines is 1. The molecule has 2 N–H and O–H groups in total. The quantitative estimate of drug-likeness (QED) is 0.790. The van der Waals surface area contributed by atoms with E-state index >= 15 is 0 Å². The lowest BCUT2D eigenvalue weighted by Crippen LogP contribution is -2.41. The minimum Gasteiger partial charge on any atom is -0.497 e. The van der Waals surface area contributed by atoms with Crippen LogP contribution in [0.1, 0.15) is 12.8 Å². The van der Waals surface area contributed by atoms with Gasteiger partial charge in [-0.2, -0.15) is 0 Å². The number of carbonyl (C=O) groups excluding carboxylic acids is 1. The fourth-order valence-electron chi connectivity index (χ4n) is 2.74. The molecule has 1 aromatic rings. The van der Waals surface area contributed by atoms with E-state index in [4.69, 9.17) is 9.47 Å². The van der Waals surface area contributed by atoms with Crippen LogP contribution in [0.3, 0.4) is 0 Å². The van der Waals surface area contributed by atoms with E-state index in [2.05, 4.69) is 10.6 Å². The van der Waals surface area contributed by atoms with Crippen molar-refractivity contribution in [2.24, 2.45) is 5.92 Å². The van der Waals surface area contributed by atoms with Gasteiger partial charge in [-0.15, -0.1) is 0 Å². The first-order chi connectivity index (χ1) is 11.8. The molecule has 140 valence electrons. The number of carbonyl (C=O) groups is 1. The fourth-order valence-corrected chi connectivity index (χ4v) is 3.61. The van der Waals surface area contributed by atoms with E-state index in [9.17, 15) is 13.2 Å². The second kappa shape index (κ2) is 8.39. The molecule has 0 atom stereocenters. The molecule has 0 bridgehead atoms. The number of benzene rings is 1. The third kappa shape index (κ3) is 5.79. The average molecular weight is 371 g/mol. The Bertz CT molecular complexity index is 677. The SMILES string of the molecule is COc1cc(NC(=O)NCC2CCN(S(C)(=O)=O)CC2)cc(OC)c1. The fraction of sp³-hybridized carbons (Fsp3) is 0.562. The number of hydrogen-bond acceptors (Lipinski definition) is 5. The summed E-state index contributed by atoms with van der Waals surface area (Å²) in [4.78, 5) is 12.1. The third-order valence-corrected chi connectivity index (χ3v) is 5.51. The van der Waals surface area contributed by atoms with Crippen molar-refractivity contribution < 1.29 is 22.7 Å². The van der Waals surface area contributed by atoms with Crippen LogP contribution in [0.15, 0.2) is 18.2 Å². The van der Waals surface area contributed by atoms with Crippen LogP contribution in [0, 0.1) is 5.92 Å². The Kier molecular flexibility index (Phi) is 6.49. The minimum atomic E-state index is -3.12. The van der Waals surface area contributed by atoms with Crippen LogP contribution >= 0.6 is 0 Å². The van der Waals surface area contributed by atoms with E-state index in [1.165, 1.54) is 10.6 Å². The lowest BCUT2D eigenvalue weighted by molar-refractivity contribution is 0.241. The summed E-state index contributed by atoms with van der Waals surface area (Å²) in [6, 6.07) is 4.80. The van der Waals surface area contributed by atoms with Gasteiger partial charge in [-0.05, 0) is 18.8 Å². The molecular weight excluding hydrogens is 346 g/mol. The van der Waals surface area contributed by atoms with E-state index in [1.54, 1.807) is 32.4 Å². The van der Waals surface area contributed by atoms with Gasteiger partial charge < -0.3 is 20.1 Å². The van der Waals surface area contributed by atoms with Gasteiger partial charge in [-0.3, -0.25) is 0 Å². The van der Waals surface area contributed by atoms with E-state index in [0.717, 1.165) is 12.8 Å². The Balaban J connectivity index is 1.82. The Morgan fingerprint density at radius 2 is 1.72 bits per heavy atom. The van der Waals surface area contributed by atoms with Crippen LogP contribution < -0.4 is 20.1 Å². The maximum Gasteiger partial charge on any atom is 0.319 e. The molecular formula is C16H25N3O5S. The standard InChI is InChI=1S/C16H25N3O5S/c1-23-14-8-13(9-15(10-14)24-2)18-16(20)17-11-12-4-6-19(7-5-12)25(3,21)22/h8-10,12H,4-7,11H2,1-3H3,(H2,17,18,20). The molecule has 0 spiro atoms. The van der Waals surface area contributed by atoms with Gasteiger partial charge >= 0.3 is 6.03 Å². The van der Waals surface area contributed by atoms with Gasteiger partial charge in [0.05, 0.1) is 20.5 Å². The Labute approximate surface area is 148 Å². The molecule has 1 aliphatic heterocycles. The minimum absolute atomic E-state index is 0.267. The number of amides is 2. The van der Waals surface area contributed by atoms with Gasteiger partial charge in [0.25, 0.3) is 0 Å². The highest BCUT2D eigenvalue weighted by Gasteiger charge is 2.25. The number of nitrogens with zero attached hydrogens (tertiary/aromatic N) is 1. The zero-order valence-corrected chi connectivity index (χ0v) is 15.6. The number of ether oxygens (including phenoxy) is 2. The van der Waals surface area contributed by atoms with Gasteiger partial charge in [0.2, 0.25) is 10.0 Å². The number of urea groups is 1. The number of nitrogens with one attached hydrogen (secondary N) is 2. The second-order valence-electron chi connectivity index (χ2n) is 6.04. The Morgan fingerprint density at radius 1 is 1.16 bits per heavy atom. The molecule has 0 radical (unpaired) electrons. The predicted molar refractivity (Wildman–Crippen MR) is 95.7 cm³/mol. The van der Waals surface area contributed by atoms with E-state index < -0.39 is 10.0 Å². The first kappa shape index (κ1) is 19.3.